The number of rotatable bonds is 4. The fourth-order valence-corrected chi connectivity index (χ4v) is 1.97. The quantitative estimate of drug-likeness (QED) is 0.664. The van der Waals surface area contributed by atoms with Gasteiger partial charge in [0.05, 0.1) is 5.69 Å². The van der Waals surface area contributed by atoms with Crippen LogP contribution in [0.3, 0.4) is 0 Å². The Hall–Kier alpha value is -1.76. The molecule has 0 aliphatic heterocycles. The van der Waals surface area contributed by atoms with E-state index in [0.717, 1.165) is 5.56 Å². The number of hydrogen-bond acceptors (Lipinski definition) is 4. The Bertz CT molecular complexity index is 510. The van der Waals surface area contributed by atoms with Crippen LogP contribution in [0.4, 0.5) is 11.4 Å². The lowest BCUT2D eigenvalue weighted by molar-refractivity contribution is -0.134. The Morgan fingerprint density at radius 1 is 1.50 bits per heavy atom. The number of nitrogens with one attached hydrogen (secondary N) is 1. The fourth-order valence-electron chi connectivity index (χ4n) is 1.08. The molecule has 1 rings (SSSR count). The second-order valence-electron chi connectivity index (χ2n) is 3.33. The van der Waals surface area contributed by atoms with Crippen molar-refractivity contribution in [3.63, 3.8) is 0 Å². The predicted molar refractivity (Wildman–Crippen MR) is 60.6 cm³/mol. The summed E-state index contributed by atoms with van der Waals surface area (Å²) in [6.45, 7) is 1.78. The Morgan fingerprint density at radius 3 is 2.62 bits per heavy atom. The number of carbonyl (C=O) groups is 1. The third-order valence-electron chi connectivity index (χ3n) is 1.87. The highest BCUT2D eigenvalue weighted by Crippen LogP contribution is 2.17. The zero-order valence-electron chi connectivity index (χ0n) is 8.60. The van der Waals surface area contributed by atoms with Gasteiger partial charge in [-0.1, -0.05) is 6.07 Å². The van der Waals surface area contributed by atoms with Crippen LogP contribution in [0.5, 0.6) is 0 Å². The first-order chi connectivity index (χ1) is 7.30. The molecule has 88 valence electrons. The standard InChI is InChI=1S/C9H12N2O4S/c1-6-2-3-7(4-8(6)10)11-16(14,15)5-9(12)13/h2-4,11H,5,10H2,1H3,(H,12,13). The van der Waals surface area contributed by atoms with E-state index in [1.54, 1.807) is 13.0 Å². The van der Waals surface area contributed by atoms with Gasteiger partial charge in [0.15, 0.2) is 5.75 Å². The Kier molecular flexibility index (Phi) is 3.38. The van der Waals surface area contributed by atoms with E-state index in [2.05, 4.69) is 4.72 Å². The van der Waals surface area contributed by atoms with Crippen molar-refractivity contribution in [3.05, 3.63) is 23.8 Å². The van der Waals surface area contributed by atoms with Crippen molar-refractivity contribution in [3.8, 4) is 0 Å². The number of hydrogen-bond donors (Lipinski definition) is 3. The van der Waals surface area contributed by atoms with E-state index < -0.39 is 21.7 Å². The average molecular weight is 244 g/mol. The number of nitrogen functional groups attached to an aromatic ring is 1. The Morgan fingerprint density at radius 2 is 2.12 bits per heavy atom. The van der Waals surface area contributed by atoms with Crippen LogP contribution in [0.15, 0.2) is 18.2 Å². The smallest absolute Gasteiger partial charge is 0.320 e. The number of benzene rings is 1. The maximum atomic E-state index is 11.3. The summed E-state index contributed by atoms with van der Waals surface area (Å²) in [5.41, 5.74) is 7.10. The third kappa shape index (κ3) is 3.43. The predicted octanol–water partition coefficient (Wildman–Crippen LogP) is 0.404. The summed E-state index contributed by atoms with van der Waals surface area (Å²) in [4.78, 5) is 10.3. The van der Waals surface area contributed by atoms with Crippen LogP contribution < -0.4 is 10.5 Å². The second kappa shape index (κ2) is 4.40. The van der Waals surface area contributed by atoms with E-state index >= 15 is 0 Å². The van der Waals surface area contributed by atoms with Crippen LogP contribution in [0.1, 0.15) is 5.56 Å². The van der Waals surface area contributed by atoms with Gasteiger partial charge in [-0.3, -0.25) is 9.52 Å². The molecule has 0 saturated carbocycles. The van der Waals surface area contributed by atoms with Crippen LogP contribution in [0.25, 0.3) is 0 Å². The molecule has 0 aliphatic carbocycles. The first-order valence-electron chi connectivity index (χ1n) is 4.38. The van der Waals surface area contributed by atoms with E-state index in [1.807, 2.05) is 0 Å². The number of nitrogens with two attached hydrogens (primary N) is 1. The van der Waals surface area contributed by atoms with E-state index in [4.69, 9.17) is 10.8 Å². The molecular formula is C9H12N2O4S. The molecule has 0 aromatic heterocycles. The van der Waals surface area contributed by atoms with Gasteiger partial charge in [0, 0.05) is 5.69 Å². The topological polar surface area (TPSA) is 109 Å². The molecule has 0 unspecified atom stereocenters. The van der Waals surface area contributed by atoms with Crippen molar-refractivity contribution in [2.45, 2.75) is 6.92 Å². The number of aliphatic carboxylic acids is 1. The molecule has 0 spiro atoms. The first kappa shape index (κ1) is 12.3. The summed E-state index contributed by atoms with van der Waals surface area (Å²) in [5, 5.41) is 8.38. The SMILES string of the molecule is Cc1ccc(NS(=O)(=O)CC(=O)O)cc1N. The van der Waals surface area contributed by atoms with Gasteiger partial charge in [-0.15, -0.1) is 0 Å². The van der Waals surface area contributed by atoms with Gasteiger partial charge in [-0.2, -0.15) is 0 Å². The monoisotopic (exact) mass is 244 g/mol. The molecule has 0 radical (unpaired) electrons. The third-order valence-corrected chi connectivity index (χ3v) is 3.04. The molecule has 0 fully saturated rings. The lowest BCUT2D eigenvalue weighted by Gasteiger charge is -2.07. The zero-order chi connectivity index (χ0) is 12.3. The molecule has 0 bridgehead atoms. The van der Waals surface area contributed by atoms with E-state index in [1.165, 1.54) is 12.1 Å². The number of sulfonamides is 1. The van der Waals surface area contributed by atoms with Gasteiger partial charge in [-0.25, -0.2) is 8.42 Å². The number of carboxylic acids is 1. The average Bonchev–Trinajstić information content (AvgIpc) is 2.08. The van der Waals surface area contributed by atoms with Gasteiger partial charge in [-0.05, 0) is 24.6 Å². The number of anilines is 2. The summed E-state index contributed by atoms with van der Waals surface area (Å²) in [6.07, 6.45) is 0. The fraction of sp³-hybridized carbons (Fsp3) is 0.222. The maximum absolute atomic E-state index is 11.3. The summed E-state index contributed by atoms with van der Waals surface area (Å²) in [6, 6.07) is 4.60. The van der Waals surface area contributed by atoms with E-state index in [9.17, 15) is 13.2 Å². The first-order valence-corrected chi connectivity index (χ1v) is 6.04. The normalized spacial score (nSPS) is 11.1. The highest BCUT2D eigenvalue weighted by Gasteiger charge is 2.15. The van der Waals surface area contributed by atoms with Crippen molar-refractivity contribution in [1.29, 1.82) is 0 Å². The molecule has 0 amide bonds. The lowest BCUT2D eigenvalue weighted by Crippen LogP contribution is -2.22. The van der Waals surface area contributed by atoms with Crippen molar-refractivity contribution in [1.82, 2.24) is 0 Å². The molecule has 4 N–H and O–H groups in total. The largest absolute Gasteiger partial charge is 0.480 e. The van der Waals surface area contributed by atoms with Crippen LogP contribution >= 0.6 is 0 Å². The minimum Gasteiger partial charge on any atom is -0.480 e. The highest BCUT2D eigenvalue weighted by molar-refractivity contribution is 7.93. The van der Waals surface area contributed by atoms with Gasteiger partial charge >= 0.3 is 5.97 Å². The molecule has 1 aromatic carbocycles. The number of carboxylic acid groups (broad SMARTS) is 1. The van der Waals surface area contributed by atoms with Crippen LogP contribution in [-0.2, 0) is 14.8 Å². The summed E-state index contributed by atoms with van der Waals surface area (Å²) >= 11 is 0. The molecule has 0 saturated heterocycles. The molecule has 1 aromatic rings. The van der Waals surface area contributed by atoms with Gasteiger partial charge in [0.2, 0.25) is 10.0 Å². The van der Waals surface area contributed by atoms with Crippen LogP contribution in [-0.4, -0.2) is 25.2 Å². The van der Waals surface area contributed by atoms with Crippen molar-refractivity contribution >= 4 is 27.4 Å². The molecule has 6 nitrogen and oxygen atoms in total. The van der Waals surface area contributed by atoms with Crippen molar-refractivity contribution in [2.24, 2.45) is 0 Å². The maximum Gasteiger partial charge on any atom is 0.320 e. The van der Waals surface area contributed by atoms with Gasteiger partial charge in [0.25, 0.3) is 0 Å². The zero-order valence-corrected chi connectivity index (χ0v) is 9.41. The molecule has 0 atom stereocenters. The van der Waals surface area contributed by atoms with E-state index in [-0.39, 0.29) is 5.69 Å². The Labute approximate surface area is 93.1 Å². The molecule has 7 heteroatoms. The van der Waals surface area contributed by atoms with Gasteiger partial charge < -0.3 is 10.8 Å². The summed E-state index contributed by atoms with van der Waals surface area (Å²) in [5.74, 6) is -2.38. The molecule has 0 heterocycles. The highest BCUT2D eigenvalue weighted by atomic mass is 32.2. The molecule has 0 aliphatic rings. The minimum absolute atomic E-state index is 0.254. The van der Waals surface area contributed by atoms with Crippen LogP contribution in [0.2, 0.25) is 0 Å². The molecule has 16 heavy (non-hydrogen) atoms. The Balaban J connectivity index is 2.88. The van der Waals surface area contributed by atoms with Gasteiger partial charge in [0.1, 0.15) is 0 Å². The van der Waals surface area contributed by atoms with E-state index in [0.29, 0.717) is 5.69 Å². The number of aryl methyl sites for hydroxylation is 1. The summed E-state index contributed by atoms with van der Waals surface area (Å²) in [7, 11) is -3.87. The lowest BCUT2D eigenvalue weighted by atomic mass is 10.2. The van der Waals surface area contributed by atoms with Crippen molar-refractivity contribution < 1.29 is 18.3 Å². The van der Waals surface area contributed by atoms with Crippen LogP contribution in [0, 0.1) is 6.92 Å². The second-order valence-corrected chi connectivity index (χ2v) is 5.05. The molecular weight excluding hydrogens is 232 g/mol. The minimum atomic E-state index is -3.87. The summed E-state index contributed by atoms with van der Waals surface area (Å²) < 4.78 is 24.7. The van der Waals surface area contributed by atoms with Crippen molar-refractivity contribution in [2.75, 3.05) is 16.2 Å².